The Balaban J connectivity index is 2.22. The van der Waals surface area contributed by atoms with Crippen LogP contribution in [-0.2, 0) is 0 Å². The van der Waals surface area contributed by atoms with E-state index in [1.165, 1.54) is 64.5 Å². The van der Waals surface area contributed by atoms with E-state index < -0.39 is 0 Å². The second kappa shape index (κ2) is 6.13. The number of nitrogens with zero attached hydrogens (tertiary/aromatic N) is 1. The monoisotopic (exact) mass is 266 g/mol. The highest BCUT2D eigenvalue weighted by atomic mass is 15.3. The Morgan fingerprint density at radius 1 is 1.00 bits per heavy atom. The maximum Gasteiger partial charge on any atom is 0.0332 e. The van der Waals surface area contributed by atoms with Crippen molar-refractivity contribution in [2.45, 2.75) is 96.2 Å². The van der Waals surface area contributed by atoms with Crippen molar-refractivity contribution in [3.63, 3.8) is 0 Å². The summed E-state index contributed by atoms with van der Waals surface area (Å²) in [6.45, 7) is 12.0. The van der Waals surface area contributed by atoms with Crippen molar-refractivity contribution in [1.82, 2.24) is 10.2 Å². The normalized spacial score (nSPS) is 26.4. The van der Waals surface area contributed by atoms with Gasteiger partial charge in [-0.2, -0.15) is 0 Å². The Bertz CT molecular complexity index is 273. The van der Waals surface area contributed by atoms with Gasteiger partial charge in [0.15, 0.2) is 0 Å². The van der Waals surface area contributed by atoms with E-state index in [1.807, 2.05) is 0 Å². The van der Waals surface area contributed by atoms with Gasteiger partial charge in [0.2, 0.25) is 0 Å². The van der Waals surface area contributed by atoms with Crippen LogP contribution in [0.15, 0.2) is 0 Å². The fourth-order valence-electron chi connectivity index (χ4n) is 4.54. The Morgan fingerprint density at radius 2 is 1.58 bits per heavy atom. The van der Waals surface area contributed by atoms with E-state index >= 15 is 0 Å². The summed E-state index contributed by atoms with van der Waals surface area (Å²) in [7, 11) is 0. The molecule has 0 aromatic carbocycles. The van der Waals surface area contributed by atoms with Crippen LogP contribution in [0.3, 0.4) is 0 Å². The molecule has 2 rings (SSSR count). The zero-order valence-electron chi connectivity index (χ0n) is 13.6. The molecule has 0 aromatic rings. The molecule has 2 heteroatoms. The van der Waals surface area contributed by atoms with Gasteiger partial charge in [0.25, 0.3) is 0 Å². The predicted octanol–water partition coefficient (Wildman–Crippen LogP) is 3.95. The minimum Gasteiger partial charge on any atom is -0.308 e. The van der Waals surface area contributed by atoms with Gasteiger partial charge in [-0.15, -0.1) is 0 Å². The maximum absolute atomic E-state index is 3.98. The Labute approximate surface area is 120 Å². The summed E-state index contributed by atoms with van der Waals surface area (Å²) in [5, 5.41) is 3.98. The van der Waals surface area contributed by atoms with Crippen LogP contribution in [0.5, 0.6) is 0 Å². The molecule has 1 spiro atoms. The Hall–Kier alpha value is -0.0800. The molecular formula is C17H34N2. The van der Waals surface area contributed by atoms with E-state index in [4.69, 9.17) is 0 Å². The van der Waals surface area contributed by atoms with Crippen LogP contribution in [0.25, 0.3) is 0 Å². The second-order valence-electron chi connectivity index (χ2n) is 6.87. The van der Waals surface area contributed by atoms with Crippen LogP contribution in [0.2, 0.25) is 0 Å². The van der Waals surface area contributed by atoms with E-state index in [1.54, 1.807) is 0 Å². The average molecular weight is 266 g/mol. The van der Waals surface area contributed by atoms with Gasteiger partial charge in [0.05, 0.1) is 0 Å². The van der Waals surface area contributed by atoms with Crippen LogP contribution >= 0.6 is 0 Å². The number of rotatable bonds is 5. The molecular weight excluding hydrogens is 232 g/mol. The number of hydrogen-bond donors (Lipinski definition) is 1. The molecule has 1 aliphatic carbocycles. The summed E-state index contributed by atoms with van der Waals surface area (Å²) < 4.78 is 0. The predicted molar refractivity (Wildman–Crippen MR) is 83.6 cm³/mol. The number of hydrogen-bond acceptors (Lipinski definition) is 2. The molecule has 0 unspecified atom stereocenters. The van der Waals surface area contributed by atoms with Crippen LogP contribution in [0, 0.1) is 0 Å². The topological polar surface area (TPSA) is 15.3 Å². The lowest BCUT2D eigenvalue weighted by molar-refractivity contribution is -0.0338. The molecule has 0 radical (unpaired) electrons. The van der Waals surface area contributed by atoms with Gasteiger partial charge in [-0.3, -0.25) is 4.90 Å². The molecule has 0 amide bonds. The van der Waals surface area contributed by atoms with Crippen molar-refractivity contribution < 1.29 is 0 Å². The summed E-state index contributed by atoms with van der Waals surface area (Å²) in [6, 6.07) is 0.777. The lowest BCUT2D eigenvalue weighted by Gasteiger charge is -2.56. The molecule has 19 heavy (non-hydrogen) atoms. The first-order valence-electron chi connectivity index (χ1n) is 8.67. The van der Waals surface area contributed by atoms with E-state index in [0.717, 1.165) is 6.04 Å². The first kappa shape index (κ1) is 15.3. The lowest BCUT2D eigenvalue weighted by Crippen LogP contribution is -2.70. The fourth-order valence-corrected chi connectivity index (χ4v) is 4.54. The lowest BCUT2D eigenvalue weighted by atomic mass is 9.80. The van der Waals surface area contributed by atoms with E-state index in [9.17, 15) is 0 Å². The highest BCUT2D eigenvalue weighted by Crippen LogP contribution is 2.40. The van der Waals surface area contributed by atoms with Crippen molar-refractivity contribution >= 4 is 0 Å². The Kier molecular flexibility index (Phi) is 4.94. The van der Waals surface area contributed by atoms with Gasteiger partial charge < -0.3 is 5.32 Å². The minimum atomic E-state index is 0.407. The van der Waals surface area contributed by atoms with Gasteiger partial charge in [-0.1, -0.05) is 40.5 Å². The standard InChI is InChI=1S/C17H34N2/c1-5-15(6-2)19-14-16(11-9-10-12-16)18-13-17(19,7-3)8-4/h15,18H,5-14H2,1-4H3. The van der Waals surface area contributed by atoms with Crippen molar-refractivity contribution in [2.75, 3.05) is 13.1 Å². The van der Waals surface area contributed by atoms with Gasteiger partial charge in [-0.05, 0) is 38.5 Å². The van der Waals surface area contributed by atoms with Crippen LogP contribution < -0.4 is 5.32 Å². The maximum atomic E-state index is 3.98. The summed E-state index contributed by atoms with van der Waals surface area (Å²) in [4.78, 5) is 2.91. The second-order valence-corrected chi connectivity index (χ2v) is 6.87. The van der Waals surface area contributed by atoms with Crippen molar-refractivity contribution in [3.05, 3.63) is 0 Å². The van der Waals surface area contributed by atoms with Crippen molar-refractivity contribution in [3.8, 4) is 0 Å². The summed E-state index contributed by atoms with van der Waals surface area (Å²) in [6.07, 6.45) is 10.8. The molecule has 1 saturated carbocycles. The fraction of sp³-hybridized carbons (Fsp3) is 1.00. The third-order valence-corrected chi connectivity index (χ3v) is 6.13. The third kappa shape index (κ3) is 2.71. The highest BCUT2D eigenvalue weighted by molar-refractivity contribution is 5.07. The van der Waals surface area contributed by atoms with Gasteiger partial charge in [-0.25, -0.2) is 0 Å². The average Bonchev–Trinajstić information content (AvgIpc) is 2.90. The first-order chi connectivity index (χ1) is 9.15. The zero-order valence-corrected chi connectivity index (χ0v) is 13.6. The largest absolute Gasteiger partial charge is 0.308 e. The van der Waals surface area contributed by atoms with Crippen LogP contribution in [0.4, 0.5) is 0 Å². The smallest absolute Gasteiger partial charge is 0.0332 e. The van der Waals surface area contributed by atoms with Crippen LogP contribution in [-0.4, -0.2) is 35.1 Å². The molecule has 1 heterocycles. The summed E-state index contributed by atoms with van der Waals surface area (Å²) in [5.41, 5.74) is 0.862. The molecule has 2 aliphatic rings. The summed E-state index contributed by atoms with van der Waals surface area (Å²) >= 11 is 0. The molecule has 0 atom stereocenters. The van der Waals surface area contributed by atoms with E-state index in [0.29, 0.717) is 11.1 Å². The SMILES string of the molecule is CCC(CC)N1CC2(CCCC2)NCC1(CC)CC. The quantitative estimate of drug-likeness (QED) is 0.810. The third-order valence-electron chi connectivity index (χ3n) is 6.13. The molecule has 1 aliphatic heterocycles. The molecule has 1 saturated heterocycles. The van der Waals surface area contributed by atoms with Crippen LogP contribution in [0.1, 0.15) is 79.1 Å². The molecule has 1 N–H and O–H groups in total. The van der Waals surface area contributed by atoms with Crippen molar-refractivity contribution in [1.29, 1.82) is 0 Å². The number of nitrogens with one attached hydrogen (secondary N) is 1. The zero-order chi connectivity index (χ0) is 13.9. The van der Waals surface area contributed by atoms with E-state index in [2.05, 4.69) is 37.9 Å². The van der Waals surface area contributed by atoms with Crippen molar-refractivity contribution in [2.24, 2.45) is 0 Å². The molecule has 2 nitrogen and oxygen atoms in total. The molecule has 0 bridgehead atoms. The molecule has 112 valence electrons. The molecule has 0 aromatic heterocycles. The highest BCUT2D eigenvalue weighted by Gasteiger charge is 2.48. The Morgan fingerprint density at radius 3 is 2.05 bits per heavy atom. The van der Waals surface area contributed by atoms with Gasteiger partial charge >= 0.3 is 0 Å². The van der Waals surface area contributed by atoms with Gasteiger partial charge in [0, 0.05) is 30.2 Å². The minimum absolute atomic E-state index is 0.407. The van der Waals surface area contributed by atoms with E-state index in [-0.39, 0.29) is 0 Å². The summed E-state index contributed by atoms with van der Waals surface area (Å²) in [5.74, 6) is 0. The van der Waals surface area contributed by atoms with Gasteiger partial charge in [0.1, 0.15) is 0 Å². The first-order valence-corrected chi connectivity index (χ1v) is 8.67. The molecule has 2 fully saturated rings. The number of piperazine rings is 1.